The number of carbonyl (C=O) groups is 1. The van der Waals surface area contributed by atoms with Crippen LogP contribution in [0.2, 0.25) is 0 Å². The molecule has 0 spiro atoms. The van der Waals surface area contributed by atoms with E-state index in [2.05, 4.69) is 32.8 Å². The Hall–Kier alpha value is -1.79. The minimum atomic E-state index is -0.461. The normalized spacial score (nSPS) is 18.7. The Morgan fingerprint density at radius 3 is 2.96 bits per heavy atom. The summed E-state index contributed by atoms with van der Waals surface area (Å²) in [4.78, 5) is 17.2. The van der Waals surface area contributed by atoms with Crippen LogP contribution in [0.1, 0.15) is 27.2 Å². The van der Waals surface area contributed by atoms with E-state index in [1.165, 1.54) is 10.3 Å². The summed E-state index contributed by atoms with van der Waals surface area (Å²) >= 11 is 1.73. The molecule has 1 fully saturated rings. The molecule has 1 aromatic heterocycles. The van der Waals surface area contributed by atoms with Crippen molar-refractivity contribution in [2.45, 2.75) is 43.7 Å². The number of ether oxygens (including phenoxy) is 1. The lowest BCUT2D eigenvalue weighted by atomic mass is 10.2. The van der Waals surface area contributed by atoms with Gasteiger partial charge in [0.05, 0.1) is 0 Å². The standard InChI is InChI=1S/C18H23N3O2S/c1-18(2,3)23-17(22)20-15-7-9-21(12-15)24-16-5-4-14-11-19-8-6-13(14)10-16/h4-6,8,10-11,15H,7,9,12H2,1-3H3,(H,20,22)/t15-/m1/s1. The van der Waals surface area contributed by atoms with Gasteiger partial charge in [-0.15, -0.1) is 0 Å². The monoisotopic (exact) mass is 345 g/mol. The highest BCUT2D eigenvalue weighted by molar-refractivity contribution is 7.97. The summed E-state index contributed by atoms with van der Waals surface area (Å²) in [5, 5.41) is 5.29. The van der Waals surface area contributed by atoms with Gasteiger partial charge in [-0.3, -0.25) is 4.98 Å². The number of carbonyl (C=O) groups excluding carboxylic acids is 1. The van der Waals surface area contributed by atoms with Crippen molar-refractivity contribution in [3.8, 4) is 0 Å². The smallest absolute Gasteiger partial charge is 0.407 e. The molecule has 0 unspecified atom stereocenters. The average Bonchev–Trinajstić information content (AvgIpc) is 2.92. The number of alkyl carbamates (subject to hydrolysis) is 1. The largest absolute Gasteiger partial charge is 0.444 e. The van der Waals surface area contributed by atoms with E-state index in [1.54, 1.807) is 11.9 Å². The molecule has 0 bridgehead atoms. The van der Waals surface area contributed by atoms with E-state index in [9.17, 15) is 4.79 Å². The van der Waals surface area contributed by atoms with Gasteiger partial charge in [0.25, 0.3) is 0 Å². The third-order valence-electron chi connectivity index (χ3n) is 3.72. The molecule has 24 heavy (non-hydrogen) atoms. The van der Waals surface area contributed by atoms with E-state index < -0.39 is 5.60 Å². The van der Waals surface area contributed by atoms with Gasteiger partial charge in [0.1, 0.15) is 5.60 Å². The molecule has 2 heterocycles. The summed E-state index contributed by atoms with van der Waals surface area (Å²) in [5.74, 6) is 0. The third-order valence-corrected chi connectivity index (χ3v) is 4.77. The second kappa shape index (κ2) is 6.99. The molecule has 1 amide bonds. The van der Waals surface area contributed by atoms with Crippen molar-refractivity contribution in [3.05, 3.63) is 36.7 Å². The predicted octanol–water partition coefficient (Wildman–Crippen LogP) is 3.84. The summed E-state index contributed by atoms with van der Waals surface area (Å²) in [6.45, 7) is 7.38. The van der Waals surface area contributed by atoms with Gasteiger partial charge < -0.3 is 10.1 Å². The van der Waals surface area contributed by atoms with Gasteiger partial charge in [-0.05, 0) is 62.7 Å². The molecule has 6 heteroatoms. The molecule has 0 radical (unpaired) electrons. The zero-order valence-corrected chi connectivity index (χ0v) is 15.1. The molecule has 1 aliphatic heterocycles. The fourth-order valence-corrected chi connectivity index (χ4v) is 3.73. The van der Waals surface area contributed by atoms with Crippen molar-refractivity contribution < 1.29 is 9.53 Å². The van der Waals surface area contributed by atoms with Gasteiger partial charge in [0.2, 0.25) is 0 Å². The molecule has 5 nitrogen and oxygen atoms in total. The number of benzene rings is 1. The van der Waals surface area contributed by atoms with Crippen molar-refractivity contribution in [3.63, 3.8) is 0 Å². The zero-order chi connectivity index (χ0) is 17.2. The van der Waals surface area contributed by atoms with Gasteiger partial charge in [-0.1, -0.05) is 6.07 Å². The van der Waals surface area contributed by atoms with Crippen LogP contribution in [-0.2, 0) is 4.74 Å². The zero-order valence-electron chi connectivity index (χ0n) is 14.3. The second-order valence-electron chi connectivity index (χ2n) is 7.00. The first-order valence-corrected chi connectivity index (χ1v) is 8.93. The van der Waals surface area contributed by atoms with Crippen LogP contribution < -0.4 is 5.32 Å². The third kappa shape index (κ3) is 4.61. The van der Waals surface area contributed by atoms with Crippen molar-refractivity contribution in [1.82, 2.24) is 14.6 Å². The Morgan fingerprint density at radius 1 is 1.33 bits per heavy atom. The van der Waals surface area contributed by atoms with Crippen molar-refractivity contribution in [2.24, 2.45) is 0 Å². The number of amides is 1. The first-order chi connectivity index (χ1) is 11.4. The quantitative estimate of drug-likeness (QED) is 0.857. The Kier molecular flexibility index (Phi) is 4.96. The Morgan fingerprint density at radius 2 is 2.17 bits per heavy atom. The number of nitrogens with one attached hydrogen (secondary N) is 1. The SMILES string of the molecule is CC(C)(C)OC(=O)N[C@@H]1CCN(Sc2ccc3cnccc3c2)C1. The second-order valence-corrected chi connectivity index (χ2v) is 8.17. The maximum atomic E-state index is 11.9. The van der Waals surface area contributed by atoms with Crippen LogP contribution in [0.3, 0.4) is 0 Å². The van der Waals surface area contributed by atoms with Crippen LogP contribution in [0, 0.1) is 0 Å². The number of pyridine rings is 1. The first kappa shape index (κ1) is 17.0. The predicted molar refractivity (Wildman–Crippen MR) is 96.9 cm³/mol. The Balaban J connectivity index is 1.54. The topological polar surface area (TPSA) is 54.5 Å². The van der Waals surface area contributed by atoms with Gasteiger partial charge in [0, 0.05) is 41.8 Å². The molecule has 0 aliphatic carbocycles. The van der Waals surface area contributed by atoms with Gasteiger partial charge in [-0.2, -0.15) is 0 Å². The molecule has 3 rings (SSSR count). The molecule has 1 saturated heterocycles. The fraction of sp³-hybridized carbons (Fsp3) is 0.444. The first-order valence-electron chi connectivity index (χ1n) is 8.15. The highest BCUT2D eigenvalue weighted by Gasteiger charge is 2.26. The molecule has 1 atom stereocenters. The van der Waals surface area contributed by atoms with Crippen LogP contribution >= 0.6 is 11.9 Å². The van der Waals surface area contributed by atoms with Crippen molar-refractivity contribution in [1.29, 1.82) is 0 Å². The number of fused-ring (bicyclic) bond motifs is 1. The lowest BCUT2D eigenvalue weighted by Gasteiger charge is -2.22. The molecular formula is C18H23N3O2S. The van der Waals surface area contributed by atoms with E-state index in [0.717, 1.165) is 24.9 Å². The van der Waals surface area contributed by atoms with Gasteiger partial charge in [-0.25, -0.2) is 9.10 Å². The molecule has 128 valence electrons. The van der Waals surface area contributed by atoms with Crippen LogP contribution in [0.25, 0.3) is 10.8 Å². The van der Waals surface area contributed by atoms with Crippen molar-refractivity contribution in [2.75, 3.05) is 13.1 Å². The molecule has 2 aromatic rings. The van der Waals surface area contributed by atoms with Gasteiger partial charge >= 0.3 is 6.09 Å². The molecule has 0 saturated carbocycles. The van der Waals surface area contributed by atoms with E-state index >= 15 is 0 Å². The number of rotatable bonds is 3. The van der Waals surface area contributed by atoms with Crippen LogP contribution in [0.5, 0.6) is 0 Å². The minimum Gasteiger partial charge on any atom is -0.444 e. The van der Waals surface area contributed by atoms with E-state index in [-0.39, 0.29) is 12.1 Å². The maximum Gasteiger partial charge on any atom is 0.407 e. The summed E-state index contributed by atoms with van der Waals surface area (Å²) in [5.41, 5.74) is -0.461. The molecule has 1 N–H and O–H groups in total. The van der Waals surface area contributed by atoms with Crippen LogP contribution in [-0.4, -0.2) is 40.1 Å². The molecular weight excluding hydrogens is 322 g/mol. The average molecular weight is 345 g/mol. The lowest BCUT2D eigenvalue weighted by molar-refractivity contribution is 0.0507. The van der Waals surface area contributed by atoms with Crippen LogP contribution in [0.4, 0.5) is 4.79 Å². The number of hydrogen-bond acceptors (Lipinski definition) is 5. The summed E-state index contributed by atoms with van der Waals surface area (Å²) in [7, 11) is 0. The van der Waals surface area contributed by atoms with Gasteiger partial charge in [0.15, 0.2) is 0 Å². The molecule has 1 aromatic carbocycles. The fourth-order valence-electron chi connectivity index (χ4n) is 2.67. The van der Waals surface area contributed by atoms with Crippen molar-refractivity contribution >= 4 is 28.8 Å². The highest BCUT2D eigenvalue weighted by Crippen LogP contribution is 2.29. The van der Waals surface area contributed by atoms with Crippen LogP contribution in [0.15, 0.2) is 41.6 Å². The Bertz CT molecular complexity index is 730. The molecule has 1 aliphatic rings. The van der Waals surface area contributed by atoms with E-state index in [1.807, 2.05) is 39.2 Å². The summed E-state index contributed by atoms with van der Waals surface area (Å²) < 4.78 is 7.60. The minimum absolute atomic E-state index is 0.136. The Labute approximate surface area is 146 Å². The highest BCUT2D eigenvalue weighted by atomic mass is 32.2. The number of aromatic nitrogens is 1. The summed E-state index contributed by atoms with van der Waals surface area (Å²) in [6, 6.07) is 8.55. The number of nitrogens with zero attached hydrogens (tertiary/aromatic N) is 2. The van der Waals surface area contributed by atoms with E-state index in [0.29, 0.717) is 0 Å². The van der Waals surface area contributed by atoms with E-state index in [4.69, 9.17) is 4.74 Å². The number of hydrogen-bond donors (Lipinski definition) is 1. The lowest BCUT2D eigenvalue weighted by Crippen LogP contribution is -2.40. The summed E-state index contributed by atoms with van der Waals surface area (Å²) in [6.07, 6.45) is 4.29. The maximum absolute atomic E-state index is 11.9.